The van der Waals surface area contributed by atoms with Crippen LogP contribution in [0.2, 0.25) is 0 Å². The van der Waals surface area contributed by atoms with Gasteiger partial charge in [0.2, 0.25) is 0 Å². The number of carbonyl (C=O) groups is 1. The topological polar surface area (TPSA) is 49.8 Å². The van der Waals surface area contributed by atoms with Crippen LogP contribution in [0.4, 0.5) is 8.78 Å². The summed E-state index contributed by atoms with van der Waals surface area (Å²) in [5.74, 6) is -0.751. The third-order valence-electron chi connectivity index (χ3n) is 3.31. The molecule has 0 heterocycles. The monoisotopic (exact) mass is 301 g/mol. The normalized spacial score (nSPS) is 13.0. The number of hydrogen-bond donors (Lipinski definition) is 1. The Morgan fingerprint density at radius 2 is 2.00 bits per heavy atom. The summed E-state index contributed by atoms with van der Waals surface area (Å²) >= 11 is 0. The lowest BCUT2D eigenvalue weighted by Gasteiger charge is -2.32. The fourth-order valence-corrected chi connectivity index (χ4v) is 2.27. The molecule has 1 N–H and O–H groups in total. The predicted molar refractivity (Wildman–Crippen MR) is 75.6 cm³/mol. The number of aliphatic carboxylic acids is 1. The van der Waals surface area contributed by atoms with Gasteiger partial charge in [0.15, 0.2) is 0 Å². The molecule has 21 heavy (non-hydrogen) atoms. The zero-order chi connectivity index (χ0) is 16.0. The Labute approximate surface area is 123 Å². The second-order valence-corrected chi connectivity index (χ2v) is 5.10. The van der Waals surface area contributed by atoms with Crippen LogP contribution in [0, 0.1) is 0 Å². The average Bonchev–Trinajstić information content (AvgIpc) is 2.37. The molecule has 118 valence electrons. The van der Waals surface area contributed by atoms with E-state index in [1.807, 2.05) is 31.7 Å². The Hall–Kier alpha value is -1.69. The first-order valence-electron chi connectivity index (χ1n) is 6.83. The maximum atomic E-state index is 12.3. The molecular formula is C15H21F2NO3. The molecule has 0 saturated heterocycles. The number of nitrogens with zero attached hydrogens (tertiary/aromatic N) is 1. The van der Waals surface area contributed by atoms with Crippen LogP contribution in [0.1, 0.15) is 38.8 Å². The molecule has 0 bridgehead atoms. The molecule has 1 rings (SSSR count). The number of ether oxygens (including phenoxy) is 1. The van der Waals surface area contributed by atoms with Crippen LogP contribution in [0.3, 0.4) is 0 Å². The lowest BCUT2D eigenvalue weighted by atomic mass is 10.0. The predicted octanol–water partition coefficient (Wildman–Crippen LogP) is 3.53. The second kappa shape index (κ2) is 7.93. The largest absolute Gasteiger partial charge is 0.481 e. The summed E-state index contributed by atoms with van der Waals surface area (Å²) < 4.78 is 28.9. The van der Waals surface area contributed by atoms with E-state index in [0.29, 0.717) is 6.54 Å². The van der Waals surface area contributed by atoms with Gasteiger partial charge in [0.25, 0.3) is 0 Å². The highest BCUT2D eigenvalue weighted by Gasteiger charge is 2.20. The first-order valence-corrected chi connectivity index (χ1v) is 6.83. The molecule has 0 radical (unpaired) electrons. The van der Waals surface area contributed by atoms with Gasteiger partial charge in [0.05, 0.1) is 6.42 Å². The van der Waals surface area contributed by atoms with Gasteiger partial charge in [-0.1, -0.05) is 12.1 Å². The number of halogens is 2. The SMILES string of the molecule is CC(C)N(CCC(=O)O)C(C)c1cccc(OC(F)F)c1. The summed E-state index contributed by atoms with van der Waals surface area (Å²) in [7, 11) is 0. The molecule has 0 aliphatic carbocycles. The van der Waals surface area contributed by atoms with Crippen molar-refractivity contribution in [3.8, 4) is 5.75 Å². The molecule has 1 aromatic carbocycles. The second-order valence-electron chi connectivity index (χ2n) is 5.10. The molecule has 6 heteroatoms. The van der Waals surface area contributed by atoms with Crippen LogP contribution < -0.4 is 4.74 Å². The van der Waals surface area contributed by atoms with Crippen molar-refractivity contribution in [1.29, 1.82) is 0 Å². The lowest BCUT2D eigenvalue weighted by Crippen LogP contribution is -2.35. The quantitative estimate of drug-likeness (QED) is 0.798. The van der Waals surface area contributed by atoms with Gasteiger partial charge in [-0.25, -0.2) is 0 Å². The molecule has 0 fully saturated rings. The molecule has 0 aromatic heterocycles. The summed E-state index contributed by atoms with van der Waals surface area (Å²) in [6, 6.07) is 6.55. The van der Waals surface area contributed by atoms with Gasteiger partial charge in [-0.15, -0.1) is 0 Å². The van der Waals surface area contributed by atoms with Crippen molar-refractivity contribution in [3.63, 3.8) is 0 Å². The van der Waals surface area contributed by atoms with E-state index in [1.54, 1.807) is 12.1 Å². The molecule has 1 aromatic rings. The number of alkyl halides is 2. The smallest absolute Gasteiger partial charge is 0.387 e. The van der Waals surface area contributed by atoms with Crippen molar-refractivity contribution in [2.24, 2.45) is 0 Å². The van der Waals surface area contributed by atoms with E-state index in [2.05, 4.69) is 4.74 Å². The van der Waals surface area contributed by atoms with Crippen LogP contribution in [0.25, 0.3) is 0 Å². The fourth-order valence-electron chi connectivity index (χ4n) is 2.27. The summed E-state index contributed by atoms with van der Waals surface area (Å²) in [4.78, 5) is 12.7. The average molecular weight is 301 g/mol. The first kappa shape index (κ1) is 17.4. The van der Waals surface area contributed by atoms with Crippen LogP contribution in [-0.4, -0.2) is 35.2 Å². The molecule has 1 unspecified atom stereocenters. The Morgan fingerprint density at radius 1 is 1.33 bits per heavy atom. The van der Waals surface area contributed by atoms with Gasteiger partial charge in [-0.05, 0) is 38.5 Å². The molecule has 0 saturated carbocycles. The van der Waals surface area contributed by atoms with E-state index in [-0.39, 0.29) is 24.3 Å². The van der Waals surface area contributed by atoms with E-state index in [1.165, 1.54) is 6.07 Å². The highest BCUT2D eigenvalue weighted by atomic mass is 19.3. The van der Waals surface area contributed by atoms with Crippen molar-refractivity contribution in [2.75, 3.05) is 6.54 Å². The molecule has 0 amide bonds. The summed E-state index contributed by atoms with van der Waals surface area (Å²) in [5, 5.41) is 8.81. The highest BCUT2D eigenvalue weighted by Crippen LogP contribution is 2.26. The van der Waals surface area contributed by atoms with Crippen molar-refractivity contribution in [2.45, 2.75) is 45.9 Å². The van der Waals surface area contributed by atoms with Gasteiger partial charge in [-0.3, -0.25) is 9.69 Å². The van der Waals surface area contributed by atoms with E-state index in [9.17, 15) is 13.6 Å². The number of benzene rings is 1. The Bertz CT molecular complexity index is 466. The maximum absolute atomic E-state index is 12.3. The standard InChI is InChI=1S/C15H21F2NO3/c1-10(2)18(8-7-14(19)20)11(3)12-5-4-6-13(9-12)21-15(16)17/h4-6,9-11,15H,7-8H2,1-3H3,(H,19,20). The van der Waals surface area contributed by atoms with Crippen LogP contribution in [0.5, 0.6) is 5.75 Å². The third kappa shape index (κ3) is 5.67. The number of carboxylic acids is 1. The molecule has 1 atom stereocenters. The minimum atomic E-state index is -2.86. The van der Waals surface area contributed by atoms with E-state index < -0.39 is 12.6 Å². The van der Waals surface area contributed by atoms with Crippen LogP contribution in [0.15, 0.2) is 24.3 Å². The van der Waals surface area contributed by atoms with Gasteiger partial charge < -0.3 is 9.84 Å². The van der Waals surface area contributed by atoms with Crippen molar-refractivity contribution in [3.05, 3.63) is 29.8 Å². The van der Waals surface area contributed by atoms with Gasteiger partial charge in [0.1, 0.15) is 5.75 Å². The zero-order valence-corrected chi connectivity index (χ0v) is 12.4. The van der Waals surface area contributed by atoms with Crippen LogP contribution in [-0.2, 0) is 4.79 Å². The Kier molecular flexibility index (Phi) is 6.55. The fraction of sp³-hybridized carbons (Fsp3) is 0.533. The number of carboxylic acid groups (broad SMARTS) is 1. The molecule has 0 spiro atoms. The van der Waals surface area contributed by atoms with E-state index in [0.717, 1.165) is 5.56 Å². The molecular weight excluding hydrogens is 280 g/mol. The minimum Gasteiger partial charge on any atom is -0.481 e. The number of hydrogen-bond acceptors (Lipinski definition) is 3. The number of rotatable bonds is 8. The highest BCUT2D eigenvalue weighted by molar-refractivity contribution is 5.66. The molecule has 4 nitrogen and oxygen atoms in total. The van der Waals surface area contributed by atoms with E-state index in [4.69, 9.17) is 5.11 Å². The molecule has 0 aliphatic rings. The van der Waals surface area contributed by atoms with Crippen molar-refractivity contribution >= 4 is 5.97 Å². The van der Waals surface area contributed by atoms with Crippen molar-refractivity contribution < 1.29 is 23.4 Å². The van der Waals surface area contributed by atoms with Crippen LogP contribution >= 0.6 is 0 Å². The van der Waals surface area contributed by atoms with Gasteiger partial charge in [-0.2, -0.15) is 8.78 Å². The minimum absolute atomic E-state index is 0.0374. The third-order valence-corrected chi connectivity index (χ3v) is 3.31. The zero-order valence-electron chi connectivity index (χ0n) is 12.4. The van der Waals surface area contributed by atoms with Gasteiger partial charge >= 0.3 is 12.6 Å². The lowest BCUT2D eigenvalue weighted by molar-refractivity contribution is -0.137. The van der Waals surface area contributed by atoms with Gasteiger partial charge in [0, 0.05) is 18.6 Å². The van der Waals surface area contributed by atoms with E-state index >= 15 is 0 Å². The summed E-state index contributed by atoms with van der Waals surface area (Å²) in [5.41, 5.74) is 0.812. The summed E-state index contributed by atoms with van der Waals surface area (Å²) in [6.07, 6.45) is 0.0374. The Morgan fingerprint density at radius 3 is 2.52 bits per heavy atom. The Balaban J connectivity index is 2.87. The molecule has 0 aliphatic heterocycles. The van der Waals surface area contributed by atoms with Crippen molar-refractivity contribution in [1.82, 2.24) is 4.90 Å². The summed E-state index contributed by atoms with van der Waals surface area (Å²) in [6.45, 7) is 3.40. The maximum Gasteiger partial charge on any atom is 0.387 e. The first-order chi connectivity index (χ1) is 9.81.